The van der Waals surface area contributed by atoms with Crippen molar-refractivity contribution in [2.45, 2.75) is 37.8 Å². The van der Waals surface area contributed by atoms with Crippen LogP contribution in [0.5, 0.6) is 0 Å². The van der Waals surface area contributed by atoms with Gasteiger partial charge >= 0.3 is 0 Å². The monoisotopic (exact) mass is 346 g/mol. The summed E-state index contributed by atoms with van der Waals surface area (Å²) in [7, 11) is 0. The molecule has 1 aliphatic heterocycles. The third-order valence-electron chi connectivity index (χ3n) is 3.28. The van der Waals surface area contributed by atoms with Crippen molar-refractivity contribution in [3.8, 4) is 0 Å². The van der Waals surface area contributed by atoms with Crippen molar-refractivity contribution >= 4 is 22.6 Å². The number of hydrazine groups is 1. The molecule has 2 rings (SSSR count). The molecular weight excluding hydrogens is 327 g/mol. The summed E-state index contributed by atoms with van der Waals surface area (Å²) in [5.41, 5.74) is 4.21. The van der Waals surface area contributed by atoms with Gasteiger partial charge in [-0.3, -0.25) is 11.3 Å². The highest BCUT2D eigenvalue weighted by Crippen LogP contribution is 2.26. The molecule has 1 aromatic rings. The Hall–Kier alpha value is -0.170. The van der Waals surface area contributed by atoms with E-state index in [1.165, 1.54) is 22.0 Å². The maximum absolute atomic E-state index is 5.66. The standard InChI is InChI=1S/C13H19IN2O/c14-12-6-2-1-5-11(12)13(16-15)8-7-10-4-3-9-17-10/h1-2,5-6,10,13,16H,3-4,7-9,15H2. The van der Waals surface area contributed by atoms with Gasteiger partial charge in [-0.15, -0.1) is 0 Å². The second-order valence-electron chi connectivity index (χ2n) is 4.45. The second-order valence-corrected chi connectivity index (χ2v) is 5.62. The van der Waals surface area contributed by atoms with Crippen LogP contribution in [-0.2, 0) is 4.74 Å². The Balaban J connectivity index is 1.94. The Labute approximate surface area is 116 Å². The lowest BCUT2D eigenvalue weighted by Gasteiger charge is -2.19. The normalized spacial score (nSPS) is 21.6. The zero-order valence-corrected chi connectivity index (χ0v) is 12.0. The van der Waals surface area contributed by atoms with Gasteiger partial charge in [0.15, 0.2) is 0 Å². The molecule has 0 radical (unpaired) electrons. The highest BCUT2D eigenvalue weighted by molar-refractivity contribution is 14.1. The Kier molecular flexibility index (Phi) is 5.21. The lowest BCUT2D eigenvalue weighted by molar-refractivity contribution is 0.0996. The fraction of sp³-hybridized carbons (Fsp3) is 0.538. The smallest absolute Gasteiger partial charge is 0.0576 e. The van der Waals surface area contributed by atoms with Crippen molar-refractivity contribution in [3.05, 3.63) is 33.4 Å². The molecule has 1 aliphatic rings. The lowest BCUT2D eigenvalue weighted by atomic mass is 10.00. The molecule has 17 heavy (non-hydrogen) atoms. The predicted octanol–water partition coefficient (Wildman–Crippen LogP) is 2.75. The third kappa shape index (κ3) is 3.64. The summed E-state index contributed by atoms with van der Waals surface area (Å²) in [5.74, 6) is 5.66. The average molecular weight is 346 g/mol. The van der Waals surface area contributed by atoms with Crippen LogP contribution in [0.15, 0.2) is 24.3 Å². The quantitative estimate of drug-likeness (QED) is 0.490. The van der Waals surface area contributed by atoms with Gasteiger partial charge in [-0.1, -0.05) is 18.2 Å². The summed E-state index contributed by atoms with van der Waals surface area (Å²) in [6.07, 6.45) is 4.95. The summed E-state index contributed by atoms with van der Waals surface area (Å²) in [6.45, 7) is 0.925. The molecule has 2 unspecified atom stereocenters. The predicted molar refractivity (Wildman–Crippen MR) is 77.4 cm³/mol. The molecular formula is C13H19IN2O. The van der Waals surface area contributed by atoms with E-state index in [0.29, 0.717) is 6.10 Å². The minimum Gasteiger partial charge on any atom is -0.378 e. The van der Waals surface area contributed by atoms with Crippen LogP contribution in [-0.4, -0.2) is 12.7 Å². The van der Waals surface area contributed by atoms with Crippen LogP contribution in [0.4, 0.5) is 0 Å². The van der Waals surface area contributed by atoms with Crippen molar-refractivity contribution < 1.29 is 4.74 Å². The summed E-state index contributed by atoms with van der Waals surface area (Å²) < 4.78 is 6.91. The largest absolute Gasteiger partial charge is 0.378 e. The van der Waals surface area contributed by atoms with E-state index >= 15 is 0 Å². The highest BCUT2D eigenvalue weighted by Gasteiger charge is 2.19. The molecule has 3 N–H and O–H groups in total. The van der Waals surface area contributed by atoms with Crippen LogP contribution in [0.2, 0.25) is 0 Å². The zero-order chi connectivity index (χ0) is 12.1. The molecule has 0 aliphatic carbocycles. The molecule has 94 valence electrons. The van der Waals surface area contributed by atoms with Gasteiger partial charge in [-0.25, -0.2) is 0 Å². The number of benzene rings is 1. The van der Waals surface area contributed by atoms with Gasteiger partial charge in [0, 0.05) is 16.2 Å². The summed E-state index contributed by atoms with van der Waals surface area (Å²) in [6, 6.07) is 8.60. The number of hydrogen-bond acceptors (Lipinski definition) is 3. The number of halogens is 1. The van der Waals surface area contributed by atoms with Gasteiger partial charge in [-0.05, 0) is 59.9 Å². The van der Waals surface area contributed by atoms with E-state index in [1.54, 1.807) is 0 Å². The Morgan fingerprint density at radius 3 is 2.94 bits per heavy atom. The minimum absolute atomic E-state index is 0.229. The van der Waals surface area contributed by atoms with Crippen molar-refractivity contribution in [2.24, 2.45) is 5.84 Å². The summed E-state index contributed by atoms with van der Waals surface area (Å²) in [5, 5.41) is 0. The van der Waals surface area contributed by atoms with Gasteiger partial charge in [-0.2, -0.15) is 0 Å². The van der Waals surface area contributed by atoms with Crippen molar-refractivity contribution in [1.82, 2.24) is 5.43 Å². The van der Waals surface area contributed by atoms with E-state index < -0.39 is 0 Å². The first kappa shape index (κ1) is 13.3. The Morgan fingerprint density at radius 2 is 2.29 bits per heavy atom. The lowest BCUT2D eigenvalue weighted by Crippen LogP contribution is -2.29. The molecule has 0 spiro atoms. The third-order valence-corrected chi connectivity index (χ3v) is 4.27. The molecule has 0 saturated carbocycles. The molecule has 0 amide bonds. The van der Waals surface area contributed by atoms with Crippen molar-refractivity contribution in [1.29, 1.82) is 0 Å². The van der Waals surface area contributed by atoms with E-state index in [0.717, 1.165) is 19.4 Å². The molecule has 1 fully saturated rings. The van der Waals surface area contributed by atoms with Crippen LogP contribution in [0.3, 0.4) is 0 Å². The van der Waals surface area contributed by atoms with E-state index in [2.05, 4.69) is 52.3 Å². The fourth-order valence-corrected chi connectivity index (χ4v) is 3.07. The first-order chi connectivity index (χ1) is 8.31. The Morgan fingerprint density at radius 1 is 1.47 bits per heavy atom. The topological polar surface area (TPSA) is 47.3 Å². The molecule has 1 saturated heterocycles. The SMILES string of the molecule is NNC(CCC1CCCO1)c1ccccc1I. The fourth-order valence-electron chi connectivity index (χ4n) is 2.31. The van der Waals surface area contributed by atoms with E-state index in [-0.39, 0.29) is 6.04 Å². The molecule has 0 aromatic heterocycles. The van der Waals surface area contributed by atoms with Crippen LogP contribution in [0.25, 0.3) is 0 Å². The zero-order valence-electron chi connectivity index (χ0n) is 9.86. The van der Waals surface area contributed by atoms with Gasteiger partial charge in [0.1, 0.15) is 0 Å². The summed E-state index contributed by atoms with van der Waals surface area (Å²) in [4.78, 5) is 0. The number of rotatable bonds is 5. The van der Waals surface area contributed by atoms with Crippen LogP contribution >= 0.6 is 22.6 Å². The molecule has 3 nitrogen and oxygen atoms in total. The average Bonchev–Trinajstić information content (AvgIpc) is 2.85. The first-order valence-corrected chi connectivity index (χ1v) is 7.21. The number of hydrogen-bond donors (Lipinski definition) is 2. The van der Waals surface area contributed by atoms with Crippen LogP contribution in [0.1, 0.15) is 37.3 Å². The van der Waals surface area contributed by atoms with Crippen LogP contribution in [0, 0.1) is 3.57 Å². The van der Waals surface area contributed by atoms with E-state index in [9.17, 15) is 0 Å². The van der Waals surface area contributed by atoms with Gasteiger partial charge in [0.05, 0.1) is 6.10 Å². The summed E-state index contributed by atoms with van der Waals surface area (Å²) >= 11 is 2.36. The van der Waals surface area contributed by atoms with Crippen LogP contribution < -0.4 is 11.3 Å². The van der Waals surface area contributed by atoms with Crippen molar-refractivity contribution in [3.63, 3.8) is 0 Å². The van der Waals surface area contributed by atoms with Gasteiger partial charge in [0.25, 0.3) is 0 Å². The maximum Gasteiger partial charge on any atom is 0.0576 e. The van der Waals surface area contributed by atoms with Crippen molar-refractivity contribution in [2.75, 3.05) is 6.61 Å². The number of nitrogens with one attached hydrogen (secondary N) is 1. The number of ether oxygens (including phenoxy) is 1. The molecule has 4 heteroatoms. The van der Waals surface area contributed by atoms with Gasteiger partial charge in [0.2, 0.25) is 0 Å². The molecule has 1 aromatic carbocycles. The molecule has 2 atom stereocenters. The van der Waals surface area contributed by atoms with E-state index in [4.69, 9.17) is 10.6 Å². The molecule has 1 heterocycles. The number of nitrogens with two attached hydrogens (primary N) is 1. The maximum atomic E-state index is 5.66. The molecule has 0 bridgehead atoms. The first-order valence-electron chi connectivity index (χ1n) is 6.13. The van der Waals surface area contributed by atoms with Gasteiger partial charge < -0.3 is 4.74 Å². The highest BCUT2D eigenvalue weighted by atomic mass is 127. The minimum atomic E-state index is 0.229. The van der Waals surface area contributed by atoms with E-state index in [1.807, 2.05) is 0 Å². The Bertz CT molecular complexity index is 353. The second kappa shape index (κ2) is 6.68.